The molecule has 2 unspecified atom stereocenters. The highest BCUT2D eigenvalue weighted by atomic mass is 15.1. The van der Waals surface area contributed by atoms with Crippen molar-refractivity contribution in [1.29, 1.82) is 0 Å². The first-order chi connectivity index (χ1) is 29.3. The number of allylic oxidation sites excluding steroid dienone is 8. The van der Waals surface area contributed by atoms with Crippen LogP contribution in [0.2, 0.25) is 0 Å². The van der Waals surface area contributed by atoms with E-state index in [1.807, 2.05) is 0 Å². The Labute approximate surface area is 345 Å². The van der Waals surface area contributed by atoms with Crippen molar-refractivity contribution < 1.29 is 0 Å². The summed E-state index contributed by atoms with van der Waals surface area (Å²) >= 11 is 0. The van der Waals surface area contributed by atoms with Gasteiger partial charge in [0.05, 0.1) is 5.69 Å². The van der Waals surface area contributed by atoms with E-state index < -0.39 is 0 Å². The third-order valence-corrected chi connectivity index (χ3v) is 12.3. The first-order valence-corrected chi connectivity index (χ1v) is 20.6. The molecule has 0 radical (unpaired) electrons. The van der Waals surface area contributed by atoms with E-state index in [2.05, 4.69) is 242 Å². The van der Waals surface area contributed by atoms with E-state index in [0.29, 0.717) is 0 Å². The van der Waals surface area contributed by atoms with Crippen molar-refractivity contribution in [1.82, 2.24) is 0 Å². The average molecular weight is 752 g/mol. The maximum Gasteiger partial charge on any atom is 0.0540 e. The van der Waals surface area contributed by atoms with Crippen LogP contribution in [-0.2, 0) is 0 Å². The zero-order valence-electron chi connectivity index (χ0n) is 32.6. The van der Waals surface area contributed by atoms with E-state index in [9.17, 15) is 0 Å². The predicted molar refractivity (Wildman–Crippen MR) is 252 cm³/mol. The fourth-order valence-electron chi connectivity index (χ4n) is 9.52. The van der Waals surface area contributed by atoms with E-state index in [-0.39, 0.29) is 11.8 Å². The fraction of sp³-hybridized carbons (Fsp3) is 0.0345. The van der Waals surface area contributed by atoms with Gasteiger partial charge in [-0.05, 0) is 102 Å². The minimum atomic E-state index is 0.109. The molecule has 2 atom stereocenters. The Balaban J connectivity index is 1.10. The van der Waals surface area contributed by atoms with Gasteiger partial charge in [-0.15, -0.1) is 0 Å². The van der Waals surface area contributed by atoms with Gasteiger partial charge in [0.15, 0.2) is 0 Å². The Bertz CT molecular complexity index is 3160. The van der Waals surface area contributed by atoms with Crippen molar-refractivity contribution in [2.75, 3.05) is 4.90 Å². The first kappa shape index (κ1) is 34.7. The fourth-order valence-corrected chi connectivity index (χ4v) is 9.52. The molecule has 0 aromatic heterocycles. The zero-order valence-corrected chi connectivity index (χ0v) is 32.6. The van der Waals surface area contributed by atoms with E-state index in [1.165, 1.54) is 82.5 Å². The molecule has 0 amide bonds. The Kier molecular flexibility index (Phi) is 8.71. The molecule has 1 heteroatoms. The van der Waals surface area contributed by atoms with Gasteiger partial charge in [-0.3, -0.25) is 0 Å². The summed E-state index contributed by atoms with van der Waals surface area (Å²) in [6, 6.07) is 73.5. The van der Waals surface area contributed by atoms with Gasteiger partial charge in [0.1, 0.15) is 0 Å². The summed E-state index contributed by atoms with van der Waals surface area (Å²) in [5.41, 5.74) is 13.5. The van der Waals surface area contributed by atoms with Crippen LogP contribution in [-0.4, -0.2) is 0 Å². The third kappa shape index (κ3) is 6.20. The van der Waals surface area contributed by atoms with Crippen LogP contribution in [0.25, 0.3) is 60.1 Å². The van der Waals surface area contributed by atoms with Crippen molar-refractivity contribution in [3.8, 4) is 22.3 Å². The highest BCUT2D eigenvalue weighted by Gasteiger charge is 2.33. The molecule has 278 valence electrons. The molecule has 0 N–H and O–H groups in total. The molecule has 0 aliphatic heterocycles. The molecule has 0 heterocycles. The summed E-state index contributed by atoms with van der Waals surface area (Å²) < 4.78 is 0. The standard InChI is InChI=1S/C58H41N/c1-2-16-42(17-3-1)49-25-12-20-44-21-13-28-55(58(44)49)54-24-9-11-30-57(54)59(47-36-33-41(34-37-47)46-32-31-40-15-4-5-19-45(40)39-46)56-29-10-8-23-53(56)51-27-14-26-50-48-22-7-6-18-43(48)35-38-52(50)51/h1-39,55,58H. The van der Waals surface area contributed by atoms with Crippen LogP contribution in [0.15, 0.2) is 242 Å². The van der Waals surface area contributed by atoms with Crippen LogP contribution in [0.5, 0.6) is 0 Å². The molecule has 0 saturated carbocycles. The number of hydrogen-bond donors (Lipinski definition) is 0. The van der Waals surface area contributed by atoms with E-state index in [1.54, 1.807) is 0 Å². The second-order valence-corrected chi connectivity index (χ2v) is 15.6. The summed E-state index contributed by atoms with van der Waals surface area (Å²) in [6.45, 7) is 0. The number of rotatable bonds is 7. The molecule has 1 nitrogen and oxygen atoms in total. The predicted octanol–water partition coefficient (Wildman–Crippen LogP) is 15.8. The van der Waals surface area contributed by atoms with Gasteiger partial charge in [0.2, 0.25) is 0 Å². The highest BCUT2D eigenvalue weighted by molar-refractivity contribution is 6.13. The van der Waals surface area contributed by atoms with Crippen LogP contribution in [0, 0.1) is 5.92 Å². The summed E-state index contributed by atoms with van der Waals surface area (Å²) in [5.74, 6) is 0.283. The number of hydrogen-bond acceptors (Lipinski definition) is 1. The lowest BCUT2D eigenvalue weighted by atomic mass is 9.70. The van der Waals surface area contributed by atoms with Gasteiger partial charge in [0, 0.05) is 28.8 Å². The molecule has 0 fully saturated rings. The zero-order chi connectivity index (χ0) is 39.1. The Hall–Kier alpha value is -7.48. The van der Waals surface area contributed by atoms with Crippen LogP contribution in [0.4, 0.5) is 17.1 Å². The van der Waals surface area contributed by atoms with Crippen LogP contribution >= 0.6 is 0 Å². The normalized spacial score (nSPS) is 15.9. The SMILES string of the molecule is C1=CC2=CC=CC(c3ccccc3N(c3ccc(-c4ccc5ccccc5c4)cc3)c3ccccc3-c3cccc4c3ccc3ccccc34)C2C(c2ccccc2)=C1. The summed E-state index contributed by atoms with van der Waals surface area (Å²) in [5, 5.41) is 7.53. The molecule has 0 saturated heterocycles. The minimum absolute atomic E-state index is 0.109. The van der Waals surface area contributed by atoms with E-state index in [4.69, 9.17) is 0 Å². The van der Waals surface area contributed by atoms with E-state index in [0.717, 1.165) is 11.4 Å². The number of para-hydroxylation sites is 2. The second kappa shape index (κ2) is 14.8. The van der Waals surface area contributed by atoms with Crippen LogP contribution in [0.3, 0.4) is 0 Å². The Morgan fingerprint density at radius 3 is 1.95 bits per heavy atom. The van der Waals surface area contributed by atoms with E-state index >= 15 is 0 Å². The lowest BCUT2D eigenvalue weighted by Gasteiger charge is -2.36. The second-order valence-electron chi connectivity index (χ2n) is 15.6. The number of benzene rings is 9. The van der Waals surface area contributed by atoms with Gasteiger partial charge in [-0.1, -0.05) is 206 Å². The quantitative estimate of drug-likeness (QED) is 0.147. The maximum atomic E-state index is 2.51. The highest BCUT2D eigenvalue weighted by Crippen LogP contribution is 2.51. The molecule has 11 rings (SSSR count). The average Bonchev–Trinajstić information content (AvgIpc) is 3.32. The van der Waals surface area contributed by atoms with Crippen LogP contribution in [0.1, 0.15) is 17.0 Å². The van der Waals surface area contributed by atoms with Crippen molar-refractivity contribution in [3.63, 3.8) is 0 Å². The van der Waals surface area contributed by atoms with Gasteiger partial charge < -0.3 is 4.90 Å². The lowest BCUT2D eigenvalue weighted by Crippen LogP contribution is -2.22. The summed E-state index contributed by atoms with van der Waals surface area (Å²) in [4.78, 5) is 2.51. The molecule has 2 aliphatic carbocycles. The van der Waals surface area contributed by atoms with Gasteiger partial charge in [-0.25, -0.2) is 0 Å². The molecular formula is C58H41N. The molecule has 9 aromatic carbocycles. The maximum absolute atomic E-state index is 2.51. The first-order valence-electron chi connectivity index (χ1n) is 20.6. The van der Waals surface area contributed by atoms with Gasteiger partial charge in [0.25, 0.3) is 0 Å². The number of nitrogens with zero attached hydrogens (tertiary/aromatic N) is 1. The van der Waals surface area contributed by atoms with Crippen molar-refractivity contribution in [2.45, 2.75) is 5.92 Å². The summed E-state index contributed by atoms with van der Waals surface area (Å²) in [7, 11) is 0. The molecule has 2 aliphatic rings. The number of anilines is 3. The Morgan fingerprint density at radius 2 is 1.07 bits per heavy atom. The van der Waals surface area contributed by atoms with Crippen molar-refractivity contribution in [2.24, 2.45) is 5.92 Å². The third-order valence-electron chi connectivity index (χ3n) is 12.3. The molecule has 9 aromatic rings. The largest absolute Gasteiger partial charge is 0.310 e. The monoisotopic (exact) mass is 751 g/mol. The molecular weight excluding hydrogens is 711 g/mol. The molecule has 59 heavy (non-hydrogen) atoms. The van der Waals surface area contributed by atoms with Crippen molar-refractivity contribution in [3.05, 3.63) is 253 Å². The smallest absolute Gasteiger partial charge is 0.0540 e. The molecule has 0 spiro atoms. The summed E-state index contributed by atoms with van der Waals surface area (Å²) in [6.07, 6.45) is 13.8. The lowest BCUT2D eigenvalue weighted by molar-refractivity contribution is 0.687. The minimum Gasteiger partial charge on any atom is -0.310 e. The topological polar surface area (TPSA) is 3.24 Å². The van der Waals surface area contributed by atoms with Gasteiger partial charge in [-0.2, -0.15) is 0 Å². The van der Waals surface area contributed by atoms with Crippen molar-refractivity contribution >= 4 is 55.0 Å². The molecule has 0 bridgehead atoms. The Morgan fingerprint density at radius 1 is 0.390 bits per heavy atom. The van der Waals surface area contributed by atoms with Gasteiger partial charge >= 0.3 is 0 Å². The van der Waals surface area contributed by atoms with Crippen LogP contribution < -0.4 is 4.90 Å². The number of fused-ring (bicyclic) bond motifs is 5.